The van der Waals surface area contributed by atoms with Crippen molar-refractivity contribution in [3.05, 3.63) is 68.9 Å². The van der Waals surface area contributed by atoms with E-state index in [1.807, 2.05) is 30.3 Å². The van der Waals surface area contributed by atoms with Gasteiger partial charge in [-0.2, -0.15) is 4.98 Å². The van der Waals surface area contributed by atoms with Crippen molar-refractivity contribution < 1.29 is 9.53 Å². The first-order chi connectivity index (χ1) is 12.0. The van der Waals surface area contributed by atoms with E-state index in [1.165, 1.54) is 11.6 Å². The van der Waals surface area contributed by atoms with E-state index >= 15 is 0 Å². The quantitative estimate of drug-likeness (QED) is 0.577. The first-order valence-corrected chi connectivity index (χ1v) is 7.91. The molecule has 7 heteroatoms. The van der Waals surface area contributed by atoms with Gasteiger partial charge in [0, 0.05) is 12.5 Å². The zero-order chi connectivity index (χ0) is 17.7. The fourth-order valence-corrected chi connectivity index (χ4v) is 3.32. The second kappa shape index (κ2) is 5.41. The molecule has 0 saturated carbocycles. The molecule has 0 bridgehead atoms. The molecule has 4 rings (SSSR count). The third-order valence-electron chi connectivity index (χ3n) is 4.37. The van der Waals surface area contributed by atoms with Crippen molar-refractivity contribution in [1.82, 2.24) is 19.7 Å². The highest BCUT2D eigenvalue weighted by Crippen LogP contribution is 2.45. The van der Waals surface area contributed by atoms with Crippen LogP contribution in [-0.2, 0) is 0 Å². The van der Waals surface area contributed by atoms with E-state index in [1.54, 1.807) is 13.8 Å². The van der Waals surface area contributed by atoms with Gasteiger partial charge in [-0.25, -0.2) is 4.68 Å². The van der Waals surface area contributed by atoms with Crippen LogP contribution in [-0.4, -0.2) is 25.7 Å². The third-order valence-corrected chi connectivity index (χ3v) is 4.37. The van der Waals surface area contributed by atoms with Gasteiger partial charge in [-0.3, -0.25) is 9.59 Å². The van der Waals surface area contributed by atoms with E-state index in [0.29, 0.717) is 28.5 Å². The average molecular weight is 336 g/mol. The number of rotatable bonds is 1. The summed E-state index contributed by atoms with van der Waals surface area (Å²) in [4.78, 5) is 31.6. The largest absolute Gasteiger partial charge is 0.418 e. The molecule has 0 fully saturated rings. The van der Waals surface area contributed by atoms with Gasteiger partial charge in [-0.1, -0.05) is 30.3 Å². The number of nitrogens with zero attached hydrogens (tertiary/aromatic N) is 3. The lowest BCUT2D eigenvalue weighted by Gasteiger charge is -2.24. The van der Waals surface area contributed by atoms with Crippen LogP contribution in [0.15, 0.2) is 35.1 Å². The number of H-pyrrole nitrogens is 1. The summed E-state index contributed by atoms with van der Waals surface area (Å²) in [6.07, 6.45) is 0. The van der Waals surface area contributed by atoms with E-state index in [0.717, 1.165) is 5.56 Å². The second-order valence-electron chi connectivity index (χ2n) is 6.05. The SMILES string of the molecule is CC(=O)n1nc2c(c1C)C(c1ccccc1)c1c(nc(C)[nH]c1=O)O2. The summed E-state index contributed by atoms with van der Waals surface area (Å²) >= 11 is 0. The number of carbonyl (C=O) groups is 1. The van der Waals surface area contributed by atoms with Crippen molar-refractivity contribution in [3.8, 4) is 11.8 Å². The van der Waals surface area contributed by atoms with Gasteiger partial charge in [-0.05, 0) is 19.4 Å². The maximum Gasteiger partial charge on any atom is 0.258 e. The van der Waals surface area contributed by atoms with Gasteiger partial charge in [0.15, 0.2) is 0 Å². The third kappa shape index (κ3) is 2.27. The molecule has 126 valence electrons. The molecule has 0 aliphatic carbocycles. The van der Waals surface area contributed by atoms with Crippen LogP contribution < -0.4 is 10.3 Å². The smallest absolute Gasteiger partial charge is 0.258 e. The lowest BCUT2D eigenvalue weighted by atomic mass is 9.85. The highest BCUT2D eigenvalue weighted by atomic mass is 16.5. The fraction of sp³-hybridized carbons (Fsp3) is 0.222. The molecule has 2 aromatic heterocycles. The number of carbonyl (C=O) groups excluding carboxylic acids is 1. The molecular formula is C18H16N4O3. The molecule has 7 nitrogen and oxygen atoms in total. The van der Waals surface area contributed by atoms with Gasteiger partial charge >= 0.3 is 0 Å². The molecule has 3 heterocycles. The van der Waals surface area contributed by atoms with Crippen LogP contribution in [0.4, 0.5) is 0 Å². The predicted molar refractivity (Wildman–Crippen MR) is 90.3 cm³/mol. The Kier molecular flexibility index (Phi) is 3.31. The van der Waals surface area contributed by atoms with Gasteiger partial charge in [0.1, 0.15) is 5.82 Å². The second-order valence-corrected chi connectivity index (χ2v) is 6.05. The number of benzene rings is 1. The number of ether oxygens (including phenoxy) is 1. The van der Waals surface area contributed by atoms with Crippen molar-refractivity contribution in [2.24, 2.45) is 0 Å². The topological polar surface area (TPSA) is 89.9 Å². The molecule has 1 atom stereocenters. The van der Waals surface area contributed by atoms with Crippen molar-refractivity contribution >= 4 is 5.91 Å². The Morgan fingerprint density at radius 1 is 1.16 bits per heavy atom. The molecule has 1 N–H and O–H groups in total. The zero-order valence-electron chi connectivity index (χ0n) is 14.0. The summed E-state index contributed by atoms with van der Waals surface area (Å²) in [5.41, 5.74) is 2.45. The minimum absolute atomic E-state index is 0.218. The lowest BCUT2D eigenvalue weighted by Crippen LogP contribution is -2.24. The molecule has 1 unspecified atom stereocenters. The molecule has 25 heavy (non-hydrogen) atoms. The summed E-state index contributed by atoms with van der Waals surface area (Å²) in [5.74, 6) is 0.387. The molecule has 1 aliphatic rings. The van der Waals surface area contributed by atoms with Gasteiger partial charge in [0.25, 0.3) is 5.56 Å². The van der Waals surface area contributed by atoms with E-state index < -0.39 is 5.92 Å². The summed E-state index contributed by atoms with van der Waals surface area (Å²) in [5, 5.41) is 4.28. The number of hydrogen-bond donors (Lipinski definition) is 1. The van der Waals surface area contributed by atoms with Crippen molar-refractivity contribution in [3.63, 3.8) is 0 Å². The molecule has 0 spiro atoms. The number of hydrogen-bond acceptors (Lipinski definition) is 5. The molecule has 1 aromatic carbocycles. The molecule has 3 aromatic rings. The maximum atomic E-state index is 12.7. The Hall–Kier alpha value is -3.22. The Morgan fingerprint density at radius 2 is 1.88 bits per heavy atom. The van der Waals surface area contributed by atoms with E-state index in [4.69, 9.17) is 4.74 Å². The minimum atomic E-state index is -0.398. The van der Waals surface area contributed by atoms with Gasteiger partial charge < -0.3 is 9.72 Å². The maximum absolute atomic E-state index is 12.7. The highest BCUT2D eigenvalue weighted by Gasteiger charge is 2.37. The van der Waals surface area contributed by atoms with Gasteiger partial charge in [0.2, 0.25) is 17.7 Å². The summed E-state index contributed by atoms with van der Waals surface area (Å²) in [6, 6.07) is 9.60. The minimum Gasteiger partial charge on any atom is -0.418 e. The zero-order valence-corrected chi connectivity index (χ0v) is 14.0. The first-order valence-electron chi connectivity index (χ1n) is 7.91. The lowest BCUT2D eigenvalue weighted by molar-refractivity contribution is 0.0917. The summed E-state index contributed by atoms with van der Waals surface area (Å²) < 4.78 is 7.09. The van der Waals surface area contributed by atoms with Crippen LogP contribution in [0.2, 0.25) is 0 Å². The summed E-state index contributed by atoms with van der Waals surface area (Å²) in [6.45, 7) is 4.93. The Balaban J connectivity index is 2.06. The van der Waals surface area contributed by atoms with Gasteiger partial charge in [0.05, 0.1) is 17.2 Å². The highest BCUT2D eigenvalue weighted by molar-refractivity contribution is 5.77. The van der Waals surface area contributed by atoms with E-state index in [2.05, 4.69) is 15.1 Å². The molecular weight excluding hydrogens is 320 g/mol. The fourth-order valence-electron chi connectivity index (χ4n) is 3.32. The van der Waals surface area contributed by atoms with Crippen LogP contribution in [0.3, 0.4) is 0 Å². The number of aryl methyl sites for hydroxylation is 1. The van der Waals surface area contributed by atoms with Crippen molar-refractivity contribution in [1.29, 1.82) is 0 Å². The Labute approximate surface area is 143 Å². The molecule has 1 aliphatic heterocycles. The Bertz CT molecular complexity index is 1050. The van der Waals surface area contributed by atoms with Crippen LogP contribution in [0.5, 0.6) is 11.8 Å². The van der Waals surface area contributed by atoms with E-state index in [-0.39, 0.29) is 17.3 Å². The first kappa shape index (κ1) is 15.3. The predicted octanol–water partition coefficient (Wildman–Crippen LogP) is 2.53. The molecule has 0 radical (unpaired) electrons. The number of fused-ring (bicyclic) bond motifs is 2. The molecule has 0 amide bonds. The van der Waals surface area contributed by atoms with Crippen LogP contribution in [0, 0.1) is 13.8 Å². The standard InChI is InChI=1S/C18H16N4O3/c1-9-13-14(12-7-5-4-6-8-12)15-16(24)19-10(2)20-17(15)25-18(13)21-22(9)11(3)23/h4-8,14H,1-3H3,(H,19,20,24). The van der Waals surface area contributed by atoms with Crippen LogP contribution >= 0.6 is 0 Å². The van der Waals surface area contributed by atoms with Crippen LogP contribution in [0.1, 0.15) is 45.8 Å². The number of nitrogens with one attached hydrogen (secondary N) is 1. The monoisotopic (exact) mass is 336 g/mol. The normalized spacial score (nSPS) is 15.2. The number of aromatic amines is 1. The van der Waals surface area contributed by atoms with Crippen LogP contribution in [0.25, 0.3) is 0 Å². The van der Waals surface area contributed by atoms with Crippen molar-refractivity contribution in [2.75, 3.05) is 0 Å². The average Bonchev–Trinajstić information content (AvgIpc) is 2.90. The van der Waals surface area contributed by atoms with Crippen molar-refractivity contribution in [2.45, 2.75) is 26.7 Å². The molecule has 0 saturated heterocycles. The number of aromatic nitrogens is 4. The van der Waals surface area contributed by atoms with E-state index in [9.17, 15) is 9.59 Å². The summed E-state index contributed by atoms with van der Waals surface area (Å²) in [7, 11) is 0. The van der Waals surface area contributed by atoms with Gasteiger partial charge in [-0.15, -0.1) is 5.10 Å². The Morgan fingerprint density at radius 3 is 2.56 bits per heavy atom.